The minimum Gasteiger partial charge on any atom is -0.349 e. The van der Waals surface area contributed by atoms with Crippen molar-refractivity contribution in [1.82, 2.24) is 4.98 Å². The van der Waals surface area contributed by atoms with Gasteiger partial charge in [0.15, 0.2) is 0 Å². The number of para-hydroxylation sites is 1. The Morgan fingerprint density at radius 3 is 2.92 bits per heavy atom. The predicted octanol–water partition coefficient (Wildman–Crippen LogP) is 3.00. The zero-order valence-corrected chi connectivity index (χ0v) is 8.43. The summed E-state index contributed by atoms with van der Waals surface area (Å²) < 4.78 is 0.912. The van der Waals surface area contributed by atoms with Crippen LogP contribution in [0.4, 0.5) is 0 Å². The van der Waals surface area contributed by atoms with Gasteiger partial charge < -0.3 is 4.98 Å². The second kappa shape index (κ2) is 3.23. The fourth-order valence-electron chi connectivity index (χ4n) is 1.42. The van der Waals surface area contributed by atoms with Gasteiger partial charge in [-0.2, -0.15) is 5.26 Å². The average molecular weight is 235 g/mol. The maximum absolute atomic E-state index is 8.64. The molecule has 2 nitrogen and oxygen atoms in total. The van der Waals surface area contributed by atoms with Gasteiger partial charge in [0.1, 0.15) is 0 Å². The van der Waals surface area contributed by atoms with E-state index in [-0.39, 0.29) is 0 Å². The van der Waals surface area contributed by atoms with Crippen molar-refractivity contribution in [3.8, 4) is 6.07 Å². The largest absolute Gasteiger partial charge is 0.349 e. The molecule has 1 N–H and O–H groups in total. The SMILES string of the molecule is N#CCc1c(Br)[nH]c2ccccc12. The van der Waals surface area contributed by atoms with Gasteiger partial charge >= 0.3 is 0 Å². The lowest BCUT2D eigenvalue weighted by Crippen LogP contribution is -1.78. The summed E-state index contributed by atoms with van der Waals surface area (Å²) >= 11 is 3.40. The van der Waals surface area contributed by atoms with E-state index in [1.165, 1.54) is 0 Å². The predicted molar refractivity (Wildman–Crippen MR) is 55.3 cm³/mol. The summed E-state index contributed by atoms with van der Waals surface area (Å²) in [6, 6.07) is 10.1. The molecule has 64 valence electrons. The molecule has 0 aliphatic rings. The highest BCUT2D eigenvalue weighted by Gasteiger charge is 2.07. The minimum absolute atomic E-state index is 0.435. The Balaban J connectivity index is 2.73. The smallest absolute Gasteiger partial charge is 0.0874 e. The highest BCUT2D eigenvalue weighted by atomic mass is 79.9. The first-order valence-electron chi connectivity index (χ1n) is 3.95. The molecule has 0 unspecified atom stereocenters. The monoisotopic (exact) mass is 234 g/mol. The average Bonchev–Trinajstić information content (AvgIpc) is 2.44. The number of nitrogens with one attached hydrogen (secondary N) is 1. The molecule has 0 amide bonds. The van der Waals surface area contributed by atoms with Gasteiger partial charge in [0.25, 0.3) is 0 Å². The third-order valence-electron chi connectivity index (χ3n) is 2.02. The van der Waals surface area contributed by atoms with Gasteiger partial charge in [0.2, 0.25) is 0 Å². The quantitative estimate of drug-likeness (QED) is 0.810. The summed E-state index contributed by atoms with van der Waals surface area (Å²) in [7, 11) is 0. The fourth-order valence-corrected chi connectivity index (χ4v) is 1.99. The summed E-state index contributed by atoms with van der Waals surface area (Å²) in [5.74, 6) is 0. The molecule has 0 spiro atoms. The molecule has 0 aliphatic heterocycles. The molecular weight excluding hydrogens is 228 g/mol. The Bertz CT molecular complexity index is 479. The van der Waals surface area contributed by atoms with Gasteiger partial charge in [-0.1, -0.05) is 18.2 Å². The molecule has 2 rings (SSSR count). The second-order valence-corrected chi connectivity index (χ2v) is 3.59. The number of hydrogen-bond donors (Lipinski definition) is 1. The number of aromatic nitrogens is 1. The lowest BCUT2D eigenvalue weighted by atomic mass is 10.1. The number of rotatable bonds is 1. The molecule has 1 aromatic carbocycles. The Hall–Kier alpha value is -1.27. The highest BCUT2D eigenvalue weighted by Crippen LogP contribution is 2.26. The van der Waals surface area contributed by atoms with Gasteiger partial charge in [-0.05, 0) is 22.0 Å². The molecule has 1 aromatic heterocycles. The van der Waals surface area contributed by atoms with E-state index in [0.29, 0.717) is 6.42 Å². The summed E-state index contributed by atoms with van der Waals surface area (Å²) in [5.41, 5.74) is 2.11. The van der Waals surface area contributed by atoms with Crippen molar-refractivity contribution in [2.24, 2.45) is 0 Å². The molecule has 0 aliphatic carbocycles. The van der Waals surface area contributed by atoms with Crippen molar-refractivity contribution in [2.75, 3.05) is 0 Å². The third kappa shape index (κ3) is 1.34. The van der Waals surface area contributed by atoms with Gasteiger partial charge in [0, 0.05) is 16.5 Å². The molecule has 0 saturated heterocycles. The summed E-state index contributed by atoms with van der Waals surface area (Å²) in [4.78, 5) is 3.18. The van der Waals surface area contributed by atoms with E-state index in [0.717, 1.165) is 21.1 Å². The standard InChI is InChI=1S/C10H7BrN2/c11-10-8(5-6-12)7-3-1-2-4-9(7)13-10/h1-4,13H,5H2. The van der Waals surface area contributed by atoms with Gasteiger partial charge in [-0.3, -0.25) is 0 Å². The van der Waals surface area contributed by atoms with Crippen LogP contribution in [0.25, 0.3) is 10.9 Å². The van der Waals surface area contributed by atoms with E-state index >= 15 is 0 Å². The van der Waals surface area contributed by atoms with E-state index in [2.05, 4.69) is 27.0 Å². The summed E-state index contributed by atoms with van der Waals surface area (Å²) in [6.45, 7) is 0. The maximum atomic E-state index is 8.64. The van der Waals surface area contributed by atoms with Crippen LogP contribution < -0.4 is 0 Å². The molecule has 2 aromatic rings. The number of fused-ring (bicyclic) bond motifs is 1. The van der Waals surface area contributed by atoms with Gasteiger partial charge in [0.05, 0.1) is 17.1 Å². The van der Waals surface area contributed by atoms with Crippen LogP contribution in [0.2, 0.25) is 0 Å². The Kier molecular flexibility index (Phi) is 2.07. The normalized spacial score (nSPS) is 10.2. The maximum Gasteiger partial charge on any atom is 0.0874 e. The number of hydrogen-bond acceptors (Lipinski definition) is 1. The Morgan fingerprint density at radius 2 is 2.15 bits per heavy atom. The van der Waals surface area contributed by atoms with Crippen LogP contribution in [0.1, 0.15) is 5.56 Å². The number of H-pyrrole nitrogens is 1. The molecule has 3 heteroatoms. The zero-order chi connectivity index (χ0) is 9.26. The Labute approximate surface area is 84.3 Å². The van der Waals surface area contributed by atoms with Gasteiger partial charge in [-0.15, -0.1) is 0 Å². The number of aromatic amines is 1. The van der Waals surface area contributed by atoms with E-state index in [1.807, 2.05) is 24.3 Å². The van der Waals surface area contributed by atoms with Crippen LogP contribution in [-0.2, 0) is 6.42 Å². The molecule has 0 fully saturated rings. The van der Waals surface area contributed by atoms with Crippen molar-refractivity contribution in [3.63, 3.8) is 0 Å². The number of nitriles is 1. The van der Waals surface area contributed by atoms with Crippen LogP contribution in [0.5, 0.6) is 0 Å². The van der Waals surface area contributed by atoms with Crippen LogP contribution >= 0.6 is 15.9 Å². The molecule has 13 heavy (non-hydrogen) atoms. The number of nitrogens with zero attached hydrogens (tertiary/aromatic N) is 1. The first kappa shape index (κ1) is 8.33. The molecule has 0 atom stereocenters. The fraction of sp³-hybridized carbons (Fsp3) is 0.100. The Morgan fingerprint density at radius 1 is 1.38 bits per heavy atom. The van der Waals surface area contributed by atoms with Crippen molar-refractivity contribution in [1.29, 1.82) is 5.26 Å². The van der Waals surface area contributed by atoms with Crippen LogP contribution in [0, 0.1) is 11.3 Å². The van der Waals surface area contributed by atoms with E-state index in [4.69, 9.17) is 5.26 Å². The van der Waals surface area contributed by atoms with E-state index in [9.17, 15) is 0 Å². The first-order valence-corrected chi connectivity index (χ1v) is 4.74. The highest BCUT2D eigenvalue weighted by molar-refractivity contribution is 9.10. The molecule has 0 radical (unpaired) electrons. The summed E-state index contributed by atoms with van der Waals surface area (Å²) in [6.07, 6.45) is 0.435. The third-order valence-corrected chi connectivity index (χ3v) is 2.69. The van der Waals surface area contributed by atoms with Crippen LogP contribution in [-0.4, -0.2) is 4.98 Å². The van der Waals surface area contributed by atoms with E-state index in [1.54, 1.807) is 0 Å². The molecule has 0 saturated carbocycles. The van der Waals surface area contributed by atoms with Crippen LogP contribution in [0.15, 0.2) is 28.9 Å². The molecular formula is C10H7BrN2. The summed E-state index contributed by atoms with van der Waals surface area (Å²) in [5, 5.41) is 9.76. The minimum atomic E-state index is 0.435. The topological polar surface area (TPSA) is 39.6 Å². The first-order chi connectivity index (χ1) is 6.33. The lowest BCUT2D eigenvalue weighted by Gasteiger charge is -1.90. The van der Waals surface area contributed by atoms with Crippen molar-refractivity contribution >= 4 is 26.8 Å². The van der Waals surface area contributed by atoms with E-state index < -0.39 is 0 Å². The second-order valence-electron chi connectivity index (χ2n) is 2.80. The molecule has 1 heterocycles. The molecule has 0 bridgehead atoms. The van der Waals surface area contributed by atoms with Crippen molar-refractivity contribution in [2.45, 2.75) is 6.42 Å². The lowest BCUT2D eigenvalue weighted by molar-refractivity contribution is 1.25. The van der Waals surface area contributed by atoms with Crippen LogP contribution in [0.3, 0.4) is 0 Å². The number of halogens is 1. The van der Waals surface area contributed by atoms with Crippen molar-refractivity contribution < 1.29 is 0 Å². The zero-order valence-electron chi connectivity index (χ0n) is 6.84. The van der Waals surface area contributed by atoms with Crippen molar-refractivity contribution in [3.05, 3.63) is 34.4 Å². The van der Waals surface area contributed by atoms with Gasteiger partial charge in [-0.25, -0.2) is 0 Å². The number of benzene rings is 1.